The summed E-state index contributed by atoms with van der Waals surface area (Å²) in [5, 5.41) is 20.3. The number of carboxylic acids is 1. The number of pyridine rings is 1. The lowest BCUT2D eigenvalue weighted by Crippen LogP contribution is -2.37. The average Bonchev–Trinajstić information content (AvgIpc) is 3.46. The number of unbranched alkanes of at least 4 members (excludes halogenated alkanes) is 1. The van der Waals surface area contributed by atoms with Gasteiger partial charge in [-0.2, -0.15) is 5.10 Å². The number of aliphatic carboxylic acids is 1. The Morgan fingerprint density at radius 1 is 1.23 bits per heavy atom. The predicted molar refractivity (Wildman–Crippen MR) is 149 cm³/mol. The number of hydrogen-bond donors (Lipinski definition) is 3. The van der Waals surface area contributed by atoms with Crippen LogP contribution in [0.1, 0.15) is 36.9 Å². The lowest BCUT2D eigenvalue weighted by molar-refractivity contribution is -0.138. The van der Waals surface area contributed by atoms with Gasteiger partial charge in [-0.3, -0.25) is 0 Å². The summed E-state index contributed by atoms with van der Waals surface area (Å²) in [6.07, 6.45) is 11.0. The first-order valence-electron chi connectivity index (χ1n) is 13.2. The van der Waals surface area contributed by atoms with E-state index < -0.39 is 21.8 Å². The average molecular weight is 557 g/mol. The molecule has 0 spiro atoms. The Labute approximate surface area is 228 Å². The van der Waals surface area contributed by atoms with E-state index in [1.54, 1.807) is 29.2 Å². The second kappa shape index (κ2) is 13.5. The molecule has 0 radical (unpaired) electrons. The summed E-state index contributed by atoms with van der Waals surface area (Å²) in [6.45, 7) is 2.40. The molecule has 3 aromatic rings. The third kappa shape index (κ3) is 8.99. The Kier molecular flexibility index (Phi) is 9.82. The maximum atomic E-state index is 12.0. The zero-order valence-electron chi connectivity index (χ0n) is 22.2. The molecule has 0 saturated carbocycles. The van der Waals surface area contributed by atoms with Gasteiger partial charge in [0, 0.05) is 50.0 Å². The van der Waals surface area contributed by atoms with E-state index in [2.05, 4.69) is 37.8 Å². The van der Waals surface area contributed by atoms with E-state index in [1.165, 1.54) is 18.1 Å². The molecule has 39 heavy (non-hydrogen) atoms. The van der Waals surface area contributed by atoms with Crippen molar-refractivity contribution in [1.29, 1.82) is 0 Å². The minimum Gasteiger partial charge on any atom is -0.480 e. The van der Waals surface area contributed by atoms with Crippen molar-refractivity contribution in [3.05, 3.63) is 54.2 Å². The highest BCUT2D eigenvalue weighted by atomic mass is 32.2. The predicted octanol–water partition coefficient (Wildman–Crippen LogP) is 2.04. The molecule has 0 aliphatic carbocycles. The standard InChI is InChI=1S/C26H36N8O4S/c1-39(37,38)17-16-33(13-3-2-7-21-9-8-20-6-4-11-27-25(20)31-21)15-10-22(26(35)36)32-23-18-24(29-19-28-23)34-14-5-12-30-34/h5,8-9,12,14,18-19,22H,2-4,6-7,10-11,13,15-17H2,1H3,(H,27,31)(H,35,36)(H,28,29,32). The summed E-state index contributed by atoms with van der Waals surface area (Å²) in [5.74, 6) is 0.888. The smallest absolute Gasteiger partial charge is 0.326 e. The van der Waals surface area contributed by atoms with Crippen LogP contribution in [0.15, 0.2) is 43.0 Å². The van der Waals surface area contributed by atoms with E-state index in [9.17, 15) is 18.3 Å². The van der Waals surface area contributed by atoms with Gasteiger partial charge in [0.25, 0.3) is 0 Å². The molecule has 4 heterocycles. The Hall–Kier alpha value is -3.58. The number of nitrogens with zero attached hydrogens (tertiary/aromatic N) is 6. The first kappa shape index (κ1) is 28.4. The summed E-state index contributed by atoms with van der Waals surface area (Å²) >= 11 is 0. The fraction of sp³-hybridized carbons (Fsp3) is 0.500. The highest BCUT2D eigenvalue weighted by Gasteiger charge is 2.20. The summed E-state index contributed by atoms with van der Waals surface area (Å²) in [7, 11) is -3.15. The molecule has 0 aromatic carbocycles. The Morgan fingerprint density at radius 2 is 2.10 bits per heavy atom. The van der Waals surface area contributed by atoms with Gasteiger partial charge in [0.2, 0.25) is 0 Å². The van der Waals surface area contributed by atoms with Gasteiger partial charge in [0.1, 0.15) is 33.8 Å². The van der Waals surface area contributed by atoms with Crippen LogP contribution in [0.5, 0.6) is 0 Å². The van der Waals surface area contributed by atoms with Gasteiger partial charge in [-0.05, 0) is 62.8 Å². The monoisotopic (exact) mass is 556 g/mol. The lowest BCUT2D eigenvalue weighted by Gasteiger charge is -2.24. The highest BCUT2D eigenvalue weighted by Crippen LogP contribution is 2.20. The van der Waals surface area contributed by atoms with E-state index in [-0.39, 0.29) is 12.2 Å². The fourth-order valence-corrected chi connectivity index (χ4v) is 5.07. The first-order valence-corrected chi connectivity index (χ1v) is 15.3. The zero-order chi connectivity index (χ0) is 27.7. The van der Waals surface area contributed by atoms with E-state index in [0.717, 1.165) is 50.2 Å². The SMILES string of the molecule is CS(=O)(=O)CCN(CCCCc1ccc2c(n1)NCCC2)CCC(Nc1cc(-n2cccn2)ncn1)C(=O)O. The van der Waals surface area contributed by atoms with Crippen LogP contribution in [0, 0.1) is 0 Å². The van der Waals surface area contributed by atoms with Crippen molar-refractivity contribution in [2.75, 3.05) is 48.8 Å². The van der Waals surface area contributed by atoms with Gasteiger partial charge in [0.15, 0.2) is 5.82 Å². The van der Waals surface area contributed by atoms with Crippen molar-refractivity contribution in [3.63, 3.8) is 0 Å². The number of fused-ring (bicyclic) bond motifs is 1. The molecule has 0 saturated heterocycles. The quantitative estimate of drug-likeness (QED) is 0.236. The molecule has 3 aromatic heterocycles. The number of nitrogens with one attached hydrogen (secondary N) is 2. The van der Waals surface area contributed by atoms with Crippen molar-refractivity contribution in [2.24, 2.45) is 0 Å². The molecule has 13 heteroatoms. The van der Waals surface area contributed by atoms with Crippen LogP contribution in [-0.2, 0) is 27.5 Å². The molecule has 12 nitrogen and oxygen atoms in total. The number of rotatable bonds is 15. The number of carbonyl (C=O) groups is 1. The van der Waals surface area contributed by atoms with E-state index >= 15 is 0 Å². The molecule has 1 aliphatic rings. The maximum absolute atomic E-state index is 12.0. The highest BCUT2D eigenvalue weighted by molar-refractivity contribution is 7.90. The molecular weight excluding hydrogens is 520 g/mol. The van der Waals surface area contributed by atoms with E-state index in [4.69, 9.17) is 4.98 Å². The van der Waals surface area contributed by atoms with Crippen LogP contribution < -0.4 is 10.6 Å². The van der Waals surface area contributed by atoms with Gasteiger partial charge in [-0.15, -0.1) is 0 Å². The Morgan fingerprint density at radius 3 is 2.87 bits per heavy atom. The third-order valence-corrected chi connectivity index (χ3v) is 7.56. The molecule has 0 bridgehead atoms. The molecular formula is C26H36N8O4S. The lowest BCUT2D eigenvalue weighted by atomic mass is 10.1. The largest absolute Gasteiger partial charge is 0.480 e. The Balaban J connectivity index is 1.31. The van der Waals surface area contributed by atoms with Crippen LogP contribution in [0.2, 0.25) is 0 Å². The molecule has 3 N–H and O–H groups in total. The fourth-order valence-electron chi connectivity index (χ4n) is 4.48. The van der Waals surface area contributed by atoms with Gasteiger partial charge in [0.05, 0.1) is 5.75 Å². The Bertz CT molecular complexity index is 1330. The van der Waals surface area contributed by atoms with Crippen molar-refractivity contribution in [2.45, 2.75) is 44.6 Å². The number of anilines is 2. The van der Waals surface area contributed by atoms with Crippen LogP contribution in [-0.4, -0.2) is 93.4 Å². The number of aromatic nitrogens is 5. The van der Waals surface area contributed by atoms with Crippen molar-refractivity contribution in [3.8, 4) is 5.82 Å². The van der Waals surface area contributed by atoms with Gasteiger partial charge in [-0.25, -0.2) is 32.8 Å². The molecule has 1 unspecified atom stereocenters. The van der Waals surface area contributed by atoms with Crippen molar-refractivity contribution < 1.29 is 18.3 Å². The number of hydrogen-bond acceptors (Lipinski definition) is 10. The molecule has 0 fully saturated rings. The number of sulfone groups is 1. The van der Waals surface area contributed by atoms with Crippen LogP contribution in [0.3, 0.4) is 0 Å². The van der Waals surface area contributed by atoms with Gasteiger partial charge >= 0.3 is 5.97 Å². The van der Waals surface area contributed by atoms with Crippen molar-refractivity contribution in [1.82, 2.24) is 29.6 Å². The second-order valence-corrected chi connectivity index (χ2v) is 12.1. The maximum Gasteiger partial charge on any atom is 0.326 e. The number of aryl methyl sites for hydroxylation is 2. The molecule has 210 valence electrons. The summed E-state index contributed by atoms with van der Waals surface area (Å²) in [6, 6.07) is 6.73. The molecule has 0 amide bonds. The van der Waals surface area contributed by atoms with Crippen LogP contribution in [0.25, 0.3) is 5.82 Å². The minimum absolute atomic E-state index is 0.0232. The van der Waals surface area contributed by atoms with E-state index in [0.29, 0.717) is 31.3 Å². The summed E-state index contributed by atoms with van der Waals surface area (Å²) in [5.41, 5.74) is 2.30. The first-order chi connectivity index (χ1) is 18.8. The molecule has 1 atom stereocenters. The third-order valence-electron chi connectivity index (χ3n) is 6.63. The normalized spacial score (nSPS) is 14.0. The van der Waals surface area contributed by atoms with Crippen molar-refractivity contribution >= 4 is 27.4 Å². The zero-order valence-corrected chi connectivity index (χ0v) is 23.0. The minimum atomic E-state index is -3.15. The number of carboxylic acid groups (broad SMARTS) is 1. The second-order valence-electron chi connectivity index (χ2n) is 9.81. The van der Waals surface area contributed by atoms with Gasteiger partial charge in [-0.1, -0.05) is 6.07 Å². The summed E-state index contributed by atoms with van der Waals surface area (Å²) < 4.78 is 25.2. The van der Waals surface area contributed by atoms with E-state index in [1.807, 2.05) is 4.90 Å². The molecule has 1 aliphatic heterocycles. The van der Waals surface area contributed by atoms with Crippen LogP contribution in [0.4, 0.5) is 11.6 Å². The topological polar surface area (TPSA) is 155 Å². The molecule has 4 rings (SSSR count). The summed E-state index contributed by atoms with van der Waals surface area (Å²) in [4.78, 5) is 27.1. The van der Waals surface area contributed by atoms with Gasteiger partial charge < -0.3 is 20.6 Å². The van der Waals surface area contributed by atoms with Crippen LogP contribution >= 0.6 is 0 Å².